The molecule has 1 N–H and O–H groups in total. The van der Waals surface area contributed by atoms with E-state index in [0.29, 0.717) is 6.04 Å². The lowest BCUT2D eigenvalue weighted by molar-refractivity contribution is 0.134. The van der Waals surface area contributed by atoms with E-state index in [2.05, 4.69) is 44.3 Å². The smallest absolute Gasteiger partial charge is 0.124 e. The number of para-hydroxylation sites is 1. The van der Waals surface area contributed by atoms with Crippen LogP contribution in [0.3, 0.4) is 0 Å². The zero-order valence-corrected chi connectivity index (χ0v) is 13.3. The van der Waals surface area contributed by atoms with Crippen LogP contribution in [0.25, 0.3) is 0 Å². The first kappa shape index (κ1) is 17.0. The molecule has 0 fully saturated rings. The van der Waals surface area contributed by atoms with Crippen LogP contribution in [0.2, 0.25) is 0 Å². The molecule has 114 valence electrons. The van der Waals surface area contributed by atoms with Crippen LogP contribution in [0, 0.1) is 0 Å². The van der Waals surface area contributed by atoms with Crippen molar-refractivity contribution in [1.82, 2.24) is 5.32 Å². The van der Waals surface area contributed by atoms with Gasteiger partial charge in [-0.25, -0.2) is 0 Å². The summed E-state index contributed by atoms with van der Waals surface area (Å²) in [6.45, 7) is 8.25. The van der Waals surface area contributed by atoms with Gasteiger partial charge in [-0.2, -0.15) is 0 Å². The highest BCUT2D eigenvalue weighted by atomic mass is 16.5. The van der Waals surface area contributed by atoms with Crippen molar-refractivity contribution in [2.45, 2.75) is 52.2 Å². The van der Waals surface area contributed by atoms with Crippen LogP contribution in [0.5, 0.6) is 5.75 Å². The zero-order valence-electron chi connectivity index (χ0n) is 13.3. The van der Waals surface area contributed by atoms with Gasteiger partial charge in [0.15, 0.2) is 0 Å². The Morgan fingerprint density at radius 2 is 1.95 bits per heavy atom. The summed E-state index contributed by atoms with van der Waals surface area (Å²) in [5.74, 6) is 0.992. The molecule has 0 aromatic heterocycles. The molecule has 0 aliphatic heterocycles. The molecule has 0 amide bonds. The summed E-state index contributed by atoms with van der Waals surface area (Å²) in [7, 11) is 1.72. The highest BCUT2D eigenvalue weighted by Crippen LogP contribution is 2.28. The second-order valence-electron chi connectivity index (χ2n) is 5.16. The van der Waals surface area contributed by atoms with Gasteiger partial charge in [-0.3, -0.25) is 0 Å². The fourth-order valence-electron chi connectivity index (χ4n) is 2.23. The summed E-state index contributed by atoms with van der Waals surface area (Å²) in [4.78, 5) is 0. The molecule has 1 rings (SSSR count). The molecule has 20 heavy (non-hydrogen) atoms. The molecular weight excluding hydrogens is 250 g/mol. The van der Waals surface area contributed by atoms with Crippen molar-refractivity contribution in [2.75, 3.05) is 20.3 Å². The SMILES string of the molecule is CCCNC(CC)c1ccccc1OC(C)CCOC. The van der Waals surface area contributed by atoms with Crippen molar-refractivity contribution in [3.05, 3.63) is 29.8 Å². The van der Waals surface area contributed by atoms with Crippen molar-refractivity contribution in [3.63, 3.8) is 0 Å². The van der Waals surface area contributed by atoms with E-state index in [1.54, 1.807) is 7.11 Å². The summed E-state index contributed by atoms with van der Waals surface area (Å²) in [6, 6.07) is 8.71. The maximum Gasteiger partial charge on any atom is 0.124 e. The van der Waals surface area contributed by atoms with Gasteiger partial charge in [-0.1, -0.05) is 32.0 Å². The van der Waals surface area contributed by atoms with Crippen LogP contribution in [0.1, 0.15) is 51.6 Å². The maximum atomic E-state index is 6.09. The van der Waals surface area contributed by atoms with Crippen LogP contribution in [-0.4, -0.2) is 26.4 Å². The summed E-state index contributed by atoms with van der Waals surface area (Å²) < 4.78 is 11.2. The second kappa shape index (κ2) is 9.78. The van der Waals surface area contributed by atoms with Crippen LogP contribution in [0.15, 0.2) is 24.3 Å². The molecule has 0 saturated carbocycles. The molecular formula is C17H29NO2. The highest BCUT2D eigenvalue weighted by molar-refractivity contribution is 5.36. The van der Waals surface area contributed by atoms with Gasteiger partial charge < -0.3 is 14.8 Å². The number of methoxy groups -OCH3 is 1. The van der Waals surface area contributed by atoms with Gasteiger partial charge in [0, 0.05) is 31.7 Å². The third-order valence-corrected chi connectivity index (χ3v) is 3.40. The normalized spacial score (nSPS) is 14.0. The molecule has 1 aromatic rings. The fraction of sp³-hybridized carbons (Fsp3) is 0.647. The van der Waals surface area contributed by atoms with Crippen LogP contribution in [0.4, 0.5) is 0 Å². The molecule has 1 aromatic carbocycles. The molecule has 3 nitrogen and oxygen atoms in total. The van der Waals surface area contributed by atoms with Crippen LogP contribution in [-0.2, 0) is 4.74 Å². The average molecular weight is 279 g/mol. The monoisotopic (exact) mass is 279 g/mol. The molecule has 0 radical (unpaired) electrons. The highest BCUT2D eigenvalue weighted by Gasteiger charge is 2.15. The number of benzene rings is 1. The first-order valence-corrected chi connectivity index (χ1v) is 7.70. The molecule has 0 saturated heterocycles. The van der Waals surface area contributed by atoms with Gasteiger partial charge in [0.2, 0.25) is 0 Å². The van der Waals surface area contributed by atoms with Crippen molar-refractivity contribution >= 4 is 0 Å². The predicted octanol–water partition coefficient (Wildman–Crippen LogP) is 3.94. The van der Waals surface area contributed by atoms with E-state index in [-0.39, 0.29) is 6.10 Å². The minimum atomic E-state index is 0.166. The van der Waals surface area contributed by atoms with Crippen LogP contribution < -0.4 is 10.1 Å². The van der Waals surface area contributed by atoms with Crippen molar-refractivity contribution in [3.8, 4) is 5.75 Å². The Balaban J connectivity index is 2.75. The summed E-state index contributed by atoms with van der Waals surface area (Å²) in [5, 5.41) is 3.59. The molecule has 0 bridgehead atoms. The first-order valence-electron chi connectivity index (χ1n) is 7.70. The topological polar surface area (TPSA) is 30.5 Å². The Morgan fingerprint density at radius 1 is 1.20 bits per heavy atom. The number of ether oxygens (including phenoxy) is 2. The minimum Gasteiger partial charge on any atom is -0.490 e. The Hall–Kier alpha value is -1.06. The maximum absolute atomic E-state index is 6.09. The number of nitrogens with one attached hydrogen (secondary N) is 1. The lowest BCUT2D eigenvalue weighted by Crippen LogP contribution is -2.23. The number of hydrogen-bond donors (Lipinski definition) is 1. The Kier molecular flexibility index (Phi) is 8.31. The molecule has 0 heterocycles. The Bertz CT molecular complexity index is 368. The molecule has 0 aliphatic rings. The molecule has 0 aliphatic carbocycles. The Morgan fingerprint density at radius 3 is 2.60 bits per heavy atom. The minimum absolute atomic E-state index is 0.166. The quantitative estimate of drug-likeness (QED) is 0.703. The van der Waals surface area contributed by atoms with E-state index >= 15 is 0 Å². The van der Waals surface area contributed by atoms with Gasteiger partial charge >= 0.3 is 0 Å². The molecule has 3 heteroatoms. The molecule has 2 unspecified atom stereocenters. The average Bonchev–Trinajstić information content (AvgIpc) is 2.47. The van der Waals surface area contributed by atoms with E-state index in [9.17, 15) is 0 Å². The van der Waals surface area contributed by atoms with Gasteiger partial charge in [0.25, 0.3) is 0 Å². The summed E-state index contributed by atoms with van der Waals surface area (Å²) in [5.41, 5.74) is 1.26. The third kappa shape index (κ3) is 5.51. The van der Waals surface area contributed by atoms with E-state index in [1.165, 1.54) is 5.56 Å². The number of hydrogen-bond acceptors (Lipinski definition) is 3. The van der Waals surface area contributed by atoms with Crippen LogP contribution >= 0.6 is 0 Å². The fourth-order valence-corrected chi connectivity index (χ4v) is 2.23. The van der Waals surface area contributed by atoms with Gasteiger partial charge in [0.1, 0.15) is 5.75 Å². The van der Waals surface area contributed by atoms with E-state index in [1.807, 2.05) is 6.07 Å². The summed E-state index contributed by atoms with van der Waals surface area (Å²) >= 11 is 0. The molecule has 2 atom stereocenters. The first-order chi connectivity index (χ1) is 9.72. The lowest BCUT2D eigenvalue weighted by atomic mass is 10.0. The number of rotatable bonds is 10. The third-order valence-electron chi connectivity index (χ3n) is 3.40. The summed E-state index contributed by atoms with van der Waals surface area (Å²) in [6.07, 6.45) is 3.28. The van der Waals surface area contributed by atoms with Crippen molar-refractivity contribution < 1.29 is 9.47 Å². The van der Waals surface area contributed by atoms with Gasteiger partial charge in [-0.05, 0) is 32.4 Å². The van der Waals surface area contributed by atoms with Gasteiger partial charge in [-0.15, -0.1) is 0 Å². The molecule has 0 spiro atoms. The second-order valence-corrected chi connectivity index (χ2v) is 5.16. The van der Waals surface area contributed by atoms with E-state index in [0.717, 1.165) is 38.2 Å². The van der Waals surface area contributed by atoms with Crippen molar-refractivity contribution in [1.29, 1.82) is 0 Å². The Labute approximate surface area is 123 Å². The van der Waals surface area contributed by atoms with E-state index in [4.69, 9.17) is 9.47 Å². The predicted molar refractivity (Wildman–Crippen MR) is 84.4 cm³/mol. The van der Waals surface area contributed by atoms with E-state index < -0.39 is 0 Å². The van der Waals surface area contributed by atoms with Crippen molar-refractivity contribution in [2.24, 2.45) is 0 Å². The lowest BCUT2D eigenvalue weighted by Gasteiger charge is -2.23. The van der Waals surface area contributed by atoms with Gasteiger partial charge in [0.05, 0.1) is 6.10 Å². The largest absolute Gasteiger partial charge is 0.490 e. The zero-order chi connectivity index (χ0) is 14.8. The standard InChI is InChI=1S/C17H29NO2/c1-5-12-18-16(6-2)15-9-7-8-10-17(15)20-14(3)11-13-19-4/h7-10,14,16,18H,5-6,11-13H2,1-4H3.